The molecule has 3 amide bonds. The number of carbonyl (C=O) groups is 3. The van der Waals surface area contributed by atoms with E-state index in [2.05, 4.69) is 29.1 Å². The standard InChI is InChI=1S/C31H40BrN3O4S/c1-3-15-33(20-21-11-7-5-8-12-21)28(37)24-25-29(38)35(17-18-36)27(31(25)19-23(32)26(24)40-31)30(39)34(16-4-2)22-13-9-6-10-14-22/h3-5,7-8,11-12,22-27,36H,1-2,6,9-10,13-20H2/t23?,24-,25-,26-,27?,31?/m0/s1. The molecule has 7 nitrogen and oxygen atoms in total. The smallest absolute Gasteiger partial charge is 0.247 e. The van der Waals surface area contributed by atoms with Crippen molar-refractivity contribution in [1.82, 2.24) is 14.7 Å². The zero-order chi connectivity index (χ0) is 28.4. The topological polar surface area (TPSA) is 81.2 Å². The van der Waals surface area contributed by atoms with Crippen LogP contribution in [0.1, 0.15) is 44.1 Å². The SMILES string of the molecule is C=CCN(Cc1ccccc1)C(=O)[C@H]1[C@H]2C(=O)N(CCO)C(C(=O)N(CC=C)C3CCCCC3)C23CC(Br)[C@@H]1S3. The van der Waals surface area contributed by atoms with Gasteiger partial charge in [0.2, 0.25) is 17.7 Å². The minimum atomic E-state index is -0.719. The Morgan fingerprint density at radius 3 is 2.45 bits per heavy atom. The molecule has 3 unspecified atom stereocenters. The molecule has 0 aromatic heterocycles. The van der Waals surface area contributed by atoms with Crippen LogP contribution in [0.15, 0.2) is 55.6 Å². The molecule has 5 rings (SSSR count). The number of aliphatic hydroxyl groups is 1. The van der Waals surface area contributed by atoms with E-state index in [4.69, 9.17) is 0 Å². The minimum Gasteiger partial charge on any atom is -0.395 e. The van der Waals surface area contributed by atoms with Gasteiger partial charge >= 0.3 is 0 Å². The lowest BCUT2D eigenvalue weighted by Crippen LogP contribution is -2.58. The van der Waals surface area contributed by atoms with Gasteiger partial charge in [-0.15, -0.1) is 24.9 Å². The Morgan fingerprint density at radius 2 is 1.80 bits per heavy atom. The van der Waals surface area contributed by atoms with Gasteiger partial charge in [0, 0.05) is 42.3 Å². The predicted molar refractivity (Wildman–Crippen MR) is 162 cm³/mol. The molecule has 1 N–H and O–H groups in total. The van der Waals surface area contributed by atoms with E-state index in [-0.39, 0.29) is 47.0 Å². The number of halogens is 1. The lowest BCUT2D eigenvalue weighted by molar-refractivity contribution is -0.145. The number of rotatable bonds is 11. The van der Waals surface area contributed by atoms with Crippen LogP contribution in [0.5, 0.6) is 0 Å². The van der Waals surface area contributed by atoms with Crippen molar-refractivity contribution < 1.29 is 19.5 Å². The Kier molecular flexibility index (Phi) is 9.12. The van der Waals surface area contributed by atoms with E-state index >= 15 is 0 Å². The van der Waals surface area contributed by atoms with Crippen molar-refractivity contribution in [3.05, 3.63) is 61.2 Å². The number of carbonyl (C=O) groups excluding carboxylic acids is 3. The van der Waals surface area contributed by atoms with Gasteiger partial charge in [-0.05, 0) is 24.8 Å². The van der Waals surface area contributed by atoms with Gasteiger partial charge in [0.25, 0.3) is 0 Å². The molecule has 1 spiro atoms. The number of fused-ring (bicyclic) bond motifs is 1. The molecule has 3 saturated heterocycles. The van der Waals surface area contributed by atoms with Gasteiger partial charge in [0.1, 0.15) is 6.04 Å². The fourth-order valence-corrected chi connectivity index (χ4v) is 11.2. The van der Waals surface area contributed by atoms with E-state index in [1.165, 1.54) is 6.42 Å². The maximum Gasteiger partial charge on any atom is 0.247 e. The van der Waals surface area contributed by atoms with Gasteiger partial charge in [-0.1, -0.05) is 77.7 Å². The Hall–Kier alpha value is -2.10. The Bertz CT molecular complexity index is 1130. The van der Waals surface area contributed by atoms with E-state index < -0.39 is 22.6 Å². The molecule has 40 heavy (non-hydrogen) atoms. The molecule has 4 aliphatic rings. The Balaban J connectivity index is 1.50. The van der Waals surface area contributed by atoms with E-state index in [9.17, 15) is 19.5 Å². The number of amides is 3. The zero-order valence-corrected chi connectivity index (χ0v) is 25.4. The number of nitrogens with zero attached hydrogens (tertiary/aromatic N) is 3. The third-order valence-electron chi connectivity index (χ3n) is 9.15. The molecule has 1 aromatic carbocycles. The summed E-state index contributed by atoms with van der Waals surface area (Å²) in [4.78, 5) is 48.3. The first-order valence-corrected chi connectivity index (χ1v) is 16.3. The summed E-state index contributed by atoms with van der Waals surface area (Å²) in [6, 6.07) is 9.24. The highest BCUT2D eigenvalue weighted by Crippen LogP contribution is 2.68. The molecule has 3 heterocycles. The highest BCUT2D eigenvalue weighted by molar-refractivity contribution is 9.09. The summed E-state index contributed by atoms with van der Waals surface area (Å²) in [5, 5.41) is 9.86. The van der Waals surface area contributed by atoms with Gasteiger partial charge < -0.3 is 19.8 Å². The van der Waals surface area contributed by atoms with Crippen molar-refractivity contribution in [3.8, 4) is 0 Å². The second kappa shape index (κ2) is 12.4. The zero-order valence-electron chi connectivity index (χ0n) is 23.0. The summed E-state index contributed by atoms with van der Waals surface area (Å²) in [6.07, 6.45) is 9.36. The largest absolute Gasteiger partial charge is 0.395 e. The van der Waals surface area contributed by atoms with Crippen LogP contribution >= 0.6 is 27.7 Å². The van der Waals surface area contributed by atoms with E-state index in [0.29, 0.717) is 26.1 Å². The lowest BCUT2D eigenvalue weighted by atomic mass is 9.70. The summed E-state index contributed by atoms with van der Waals surface area (Å²) in [5.41, 5.74) is 1.01. The number of hydrogen-bond donors (Lipinski definition) is 1. The first kappa shape index (κ1) is 29.4. The fourth-order valence-electron chi connectivity index (χ4n) is 7.55. The normalized spacial score (nSPS) is 31.2. The highest BCUT2D eigenvalue weighted by Gasteiger charge is 2.76. The molecular formula is C31H40BrN3O4S. The summed E-state index contributed by atoms with van der Waals surface area (Å²) in [7, 11) is 0. The van der Waals surface area contributed by atoms with Crippen LogP contribution in [0.25, 0.3) is 0 Å². The van der Waals surface area contributed by atoms with Crippen molar-refractivity contribution in [2.24, 2.45) is 11.8 Å². The molecule has 9 heteroatoms. The molecule has 1 saturated carbocycles. The molecular weight excluding hydrogens is 590 g/mol. The van der Waals surface area contributed by atoms with Crippen molar-refractivity contribution in [1.29, 1.82) is 0 Å². The van der Waals surface area contributed by atoms with Crippen molar-refractivity contribution in [2.75, 3.05) is 26.2 Å². The maximum atomic E-state index is 14.5. The van der Waals surface area contributed by atoms with Crippen molar-refractivity contribution in [2.45, 2.75) is 72.0 Å². The van der Waals surface area contributed by atoms with Crippen LogP contribution < -0.4 is 0 Å². The average molecular weight is 631 g/mol. The number of alkyl halides is 1. The van der Waals surface area contributed by atoms with E-state index in [1.54, 1.807) is 33.7 Å². The first-order chi connectivity index (χ1) is 19.4. The summed E-state index contributed by atoms with van der Waals surface area (Å²) in [5.74, 6) is -1.48. The molecule has 1 aromatic rings. The molecule has 1 aliphatic carbocycles. The summed E-state index contributed by atoms with van der Waals surface area (Å²) in [6.45, 7) is 8.88. The number of thioether (sulfide) groups is 1. The number of β-amino-alcohol motifs (C(OH)–C–C–N with tert-alkyl or cyclic N) is 1. The quantitative estimate of drug-likeness (QED) is 0.296. The van der Waals surface area contributed by atoms with E-state index in [0.717, 1.165) is 31.2 Å². The average Bonchev–Trinajstić information content (AvgIpc) is 3.55. The Morgan fingerprint density at radius 1 is 1.10 bits per heavy atom. The molecule has 2 bridgehead atoms. The number of likely N-dealkylation sites (tertiary alicyclic amines) is 1. The third-order valence-corrected chi connectivity index (χ3v) is 12.4. The first-order valence-electron chi connectivity index (χ1n) is 14.5. The second-order valence-electron chi connectivity index (χ2n) is 11.5. The third kappa shape index (κ3) is 5.07. The van der Waals surface area contributed by atoms with Gasteiger partial charge in [-0.2, -0.15) is 0 Å². The molecule has 6 atom stereocenters. The minimum absolute atomic E-state index is 0.00437. The van der Waals surface area contributed by atoms with Gasteiger partial charge in [-0.3, -0.25) is 14.4 Å². The number of hydrogen-bond acceptors (Lipinski definition) is 5. The molecule has 216 valence electrons. The number of benzene rings is 1. The van der Waals surface area contributed by atoms with Gasteiger partial charge in [-0.25, -0.2) is 0 Å². The van der Waals surface area contributed by atoms with Crippen LogP contribution in [0, 0.1) is 11.8 Å². The van der Waals surface area contributed by atoms with Crippen LogP contribution in [0.3, 0.4) is 0 Å². The van der Waals surface area contributed by atoms with Crippen molar-refractivity contribution >= 4 is 45.4 Å². The van der Waals surface area contributed by atoms with Crippen molar-refractivity contribution in [3.63, 3.8) is 0 Å². The highest BCUT2D eigenvalue weighted by atomic mass is 79.9. The number of aliphatic hydroxyl groups excluding tert-OH is 1. The van der Waals surface area contributed by atoms with Crippen LogP contribution in [0.4, 0.5) is 0 Å². The predicted octanol–water partition coefficient (Wildman–Crippen LogP) is 4.01. The van der Waals surface area contributed by atoms with Crippen LogP contribution in [-0.2, 0) is 20.9 Å². The van der Waals surface area contributed by atoms with Gasteiger partial charge in [0.15, 0.2) is 0 Å². The van der Waals surface area contributed by atoms with Crippen LogP contribution in [0.2, 0.25) is 0 Å². The van der Waals surface area contributed by atoms with Crippen LogP contribution in [-0.4, -0.2) is 90.7 Å². The summed E-state index contributed by atoms with van der Waals surface area (Å²) >= 11 is 5.51. The van der Waals surface area contributed by atoms with Gasteiger partial charge in [0.05, 0.1) is 23.2 Å². The maximum absolute atomic E-state index is 14.5. The van der Waals surface area contributed by atoms with E-state index in [1.807, 2.05) is 35.2 Å². The fraction of sp³-hybridized carbons (Fsp3) is 0.581. The molecule has 3 aliphatic heterocycles. The lowest BCUT2D eigenvalue weighted by Gasteiger charge is -2.41. The Labute approximate surface area is 250 Å². The molecule has 4 fully saturated rings. The second-order valence-corrected chi connectivity index (χ2v) is 14.2. The monoisotopic (exact) mass is 629 g/mol. The summed E-state index contributed by atoms with van der Waals surface area (Å²) < 4.78 is -0.719. The molecule has 0 radical (unpaired) electrons.